The van der Waals surface area contributed by atoms with E-state index >= 15 is 0 Å². The molecule has 0 heterocycles. The van der Waals surface area contributed by atoms with Crippen LogP contribution in [0.25, 0.3) is 0 Å². The van der Waals surface area contributed by atoms with Gasteiger partial charge in [-0.15, -0.1) is 0 Å². The van der Waals surface area contributed by atoms with Gasteiger partial charge in [-0.25, -0.2) is 0 Å². The minimum absolute atomic E-state index is 0.0883. The number of aliphatic hydroxyl groups is 1. The lowest BCUT2D eigenvalue weighted by Crippen LogP contribution is -2.37. The van der Waals surface area contributed by atoms with Gasteiger partial charge in [-0.05, 0) is 11.8 Å². The highest BCUT2D eigenvalue weighted by Crippen LogP contribution is 2.20. The molecule has 0 aliphatic rings. The first-order valence-electron chi connectivity index (χ1n) is 4.46. The van der Waals surface area contributed by atoms with Gasteiger partial charge in [0, 0.05) is 6.54 Å². The van der Waals surface area contributed by atoms with Gasteiger partial charge in [0.1, 0.15) is 0 Å². The lowest BCUT2D eigenvalue weighted by atomic mass is 9.89. The minimum Gasteiger partial charge on any atom is -0.391 e. The van der Waals surface area contributed by atoms with Gasteiger partial charge >= 0.3 is 6.43 Å². The van der Waals surface area contributed by atoms with Crippen LogP contribution in [0, 0.1) is 5.41 Å². The Labute approximate surface area is 82.5 Å². The van der Waals surface area contributed by atoms with Crippen LogP contribution in [0.3, 0.4) is 0 Å². The molecule has 2 N–H and O–H groups in total. The molecule has 0 saturated heterocycles. The number of aliphatic hydroxyl groups excluding tert-OH is 1. The van der Waals surface area contributed by atoms with E-state index in [0.717, 1.165) is 0 Å². The number of halogens is 2. The Bertz CT molecular complexity index is 190. The van der Waals surface area contributed by atoms with E-state index in [-0.39, 0.29) is 12.0 Å². The van der Waals surface area contributed by atoms with E-state index in [0.29, 0.717) is 6.42 Å². The highest BCUT2D eigenvalue weighted by atomic mass is 19.3. The van der Waals surface area contributed by atoms with Crippen molar-refractivity contribution in [1.29, 1.82) is 0 Å². The normalized spacial score (nSPS) is 14.2. The fourth-order valence-corrected chi connectivity index (χ4v) is 1.07. The lowest BCUT2D eigenvalue weighted by Gasteiger charge is -2.22. The predicted molar refractivity (Wildman–Crippen MR) is 49.1 cm³/mol. The second-order valence-electron chi connectivity index (χ2n) is 4.46. The van der Waals surface area contributed by atoms with Gasteiger partial charge in [-0.1, -0.05) is 20.8 Å². The van der Waals surface area contributed by atoms with E-state index in [9.17, 15) is 18.7 Å². The summed E-state index contributed by atoms with van der Waals surface area (Å²) in [7, 11) is 0. The van der Waals surface area contributed by atoms with E-state index in [1.54, 1.807) is 0 Å². The molecule has 5 heteroatoms. The van der Waals surface area contributed by atoms with Gasteiger partial charge in [-0.3, -0.25) is 4.79 Å². The van der Waals surface area contributed by atoms with Crippen molar-refractivity contribution in [3.63, 3.8) is 0 Å². The molecule has 84 valence electrons. The van der Waals surface area contributed by atoms with E-state index in [2.05, 4.69) is 0 Å². The van der Waals surface area contributed by atoms with E-state index in [1.807, 2.05) is 26.1 Å². The van der Waals surface area contributed by atoms with Gasteiger partial charge in [0.05, 0.1) is 6.10 Å². The SMILES string of the molecule is CC(C)(C)CC(O)CNC(=O)C(F)F. The van der Waals surface area contributed by atoms with Crippen molar-refractivity contribution in [1.82, 2.24) is 5.32 Å². The summed E-state index contributed by atoms with van der Waals surface area (Å²) < 4.78 is 23.4. The highest BCUT2D eigenvalue weighted by molar-refractivity contribution is 5.79. The summed E-state index contributed by atoms with van der Waals surface area (Å²) in [6.07, 6.45) is -3.34. The van der Waals surface area contributed by atoms with Gasteiger partial charge in [-0.2, -0.15) is 8.78 Å². The number of nitrogens with one attached hydrogen (secondary N) is 1. The summed E-state index contributed by atoms with van der Waals surface area (Å²) in [5.41, 5.74) is -0.0883. The average Bonchev–Trinajstić information content (AvgIpc) is 1.96. The number of hydrogen-bond donors (Lipinski definition) is 2. The molecule has 1 unspecified atom stereocenters. The highest BCUT2D eigenvalue weighted by Gasteiger charge is 2.19. The molecule has 0 bridgehead atoms. The molecule has 0 spiro atoms. The molecule has 14 heavy (non-hydrogen) atoms. The Morgan fingerprint density at radius 3 is 2.29 bits per heavy atom. The van der Waals surface area contributed by atoms with Crippen molar-refractivity contribution in [2.45, 2.75) is 39.7 Å². The van der Waals surface area contributed by atoms with Crippen molar-refractivity contribution in [2.75, 3.05) is 6.54 Å². The standard InChI is InChI=1S/C9H17F2NO2/c1-9(2,3)4-6(13)5-12-8(14)7(10)11/h6-7,13H,4-5H2,1-3H3,(H,12,14). The Kier molecular flexibility index (Phi) is 4.97. The minimum atomic E-state index is -3.02. The third-order valence-electron chi connectivity index (χ3n) is 1.56. The first-order valence-corrected chi connectivity index (χ1v) is 4.46. The fourth-order valence-electron chi connectivity index (χ4n) is 1.07. The lowest BCUT2D eigenvalue weighted by molar-refractivity contribution is -0.132. The fraction of sp³-hybridized carbons (Fsp3) is 0.889. The van der Waals surface area contributed by atoms with Crippen molar-refractivity contribution in [2.24, 2.45) is 5.41 Å². The third kappa shape index (κ3) is 6.77. The number of hydrogen-bond acceptors (Lipinski definition) is 2. The maximum atomic E-state index is 11.7. The second kappa shape index (κ2) is 5.24. The molecular formula is C9H17F2NO2. The molecule has 0 aromatic heterocycles. The summed E-state index contributed by atoms with van der Waals surface area (Å²) in [4.78, 5) is 10.4. The zero-order chi connectivity index (χ0) is 11.4. The summed E-state index contributed by atoms with van der Waals surface area (Å²) >= 11 is 0. The van der Waals surface area contributed by atoms with Crippen LogP contribution in [-0.2, 0) is 4.79 Å². The zero-order valence-electron chi connectivity index (χ0n) is 8.68. The molecule has 0 saturated carbocycles. The summed E-state index contributed by atoms with van der Waals surface area (Å²) in [6, 6.07) is 0. The van der Waals surface area contributed by atoms with Gasteiger partial charge in [0.25, 0.3) is 5.91 Å². The number of carbonyl (C=O) groups excluding carboxylic acids is 1. The molecule has 3 nitrogen and oxygen atoms in total. The first-order chi connectivity index (χ1) is 6.22. The van der Waals surface area contributed by atoms with Gasteiger partial charge in [0.2, 0.25) is 0 Å². The maximum absolute atomic E-state index is 11.7. The molecule has 1 amide bonds. The summed E-state index contributed by atoms with van der Waals surface area (Å²) in [5, 5.41) is 11.3. The van der Waals surface area contributed by atoms with Crippen LogP contribution in [0.5, 0.6) is 0 Å². The molecule has 0 aliphatic heterocycles. The van der Waals surface area contributed by atoms with Crippen LogP contribution in [0.4, 0.5) is 8.78 Å². The molecule has 0 aliphatic carbocycles. The molecule has 0 fully saturated rings. The molecular weight excluding hydrogens is 192 g/mol. The van der Waals surface area contributed by atoms with E-state index in [1.165, 1.54) is 0 Å². The molecule has 0 aromatic rings. The van der Waals surface area contributed by atoms with Crippen LogP contribution < -0.4 is 5.32 Å². The number of rotatable bonds is 4. The maximum Gasteiger partial charge on any atom is 0.315 e. The Morgan fingerprint density at radius 2 is 1.93 bits per heavy atom. The second-order valence-corrected chi connectivity index (χ2v) is 4.46. The summed E-state index contributed by atoms with van der Waals surface area (Å²) in [5.74, 6) is -1.34. The van der Waals surface area contributed by atoms with Crippen molar-refractivity contribution < 1.29 is 18.7 Å². The topological polar surface area (TPSA) is 49.3 Å². The molecule has 1 atom stereocenters. The Balaban J connectivity index is 3.75. The van der Waals surface area contributed by atoms with Crippen LogP contribution in [0.15, 0.2) is 0 Å². The monoisotopic (exact) mass is 209 g/mol. The van der Waals surface area contributed by atoms with E-state index in [4.69, 9.17) is 0 Å². The number of amides is 1. The largest absolute Gasteiger partial charge is 0.391 e. The van der Waals surface area contributed by atoms with Crippen LogP contribution >= 0.6 is 0 Å². The first kappa shape index (κ1) is 13.3. The predicted octanol–water partition coefficient (Wildman–Crippen LogP) is 1.16. The average molecular weight is 209 g/mol. The molecule has 0 radical (unpaired) electrons. The third-order valence-corrected chi connectivity index (χ3v) is 1.56. The Morgan fingerprint density at radius 1 is 1.43 bits per heavy atom. The molecule has 0 rings (SSSR count). The van der Waals surface area contributed by atoms with Crippen molar-refractivity contribution in [3.8, 4) is 0 Å². The van der Waals surface area contributed by atoms with Crippen LogP contribution in [-0.4, -0.2) is 30.1 Å². The zero-order valence-corrected chi connectivity index (χ0v) is 8.68. The number of alkyl halides is 2. The van der Waals surface area contributed by atoms with Gasteiger partial charge in [0.15, 0.2) is 0 Å². The summed E-state index contributed by atoms with van der Waals surface area (Å²) in [6.45, 7) is 5.64. The van der Waals surface area contributed by atoms with Crippen LogP contribution in [0.2, 0.25) is 0 Å². The Hall–Kier alpha value is -0.710. The van der Waals surface area contributed by atoms with Crippen molar-refractivity contribution >= 4 is 5.91 Å². The van der Waals surface area contributed by atoms with Crippen molar-refractivity contribution in [3.05, 3.63) is 0 Å². The number of carbonyl (C=O) groups is 1. The smallest absolute Gasteiger partial charge is 0.315 e. The quantitative estimate of drug-likeness (QED) is 0.730. The molecule has 0 aromatic carbocycles. The van der Waals surface area contributed by atoms with E-state index < -0.39 is 18.4 Å². The van der Waals surface area contributed by atoms with Gasteiger partial charge < -0.3 is 10.4 Å². The van der Waals surface area contributed by atoms with Crippen LogP contribution in [0.1, 0.15) is 27.2 Å².